The maximum absolute atomic E-state index is 12.5. The number of sulfonamides is 1. The minimum atomic E-state index is -3.66. The fourth-order valence-corrected chi connectivity index (χ4v) is 4.48. The van der Waals surface area contributed by atoms with Gasteiger partial charge in [-0.1, -0.05) is 12.1 Å². The van der Waals surface area contributed by atoms with Gasteiger partial charge in [-0.05, 0) is 67.8 Å². The third kappa shape index (κ3) is 5.11. The van der Waals surface area contributed by atoms with E-state index in [4.69, 9.17) is 4.74 Å². The molecule has 8 heteroatoms. The Bertz CT molecular complexity index is 1040. The Balaban J connectivity index is 1.70. The number of anilines is 2. The van der Waals surface area contributed by atoms with E-state index in [1.807, 2.05) is 13.8 Å². The number of nitrogens with one attached hydrogen (secondary N) is 2. The van der Waals surface area contributed by atoms with E-state index in [9.17, 15) is 13.2 Å². The molecule has 0 spiro atoms. The Morgan fingerprint density at radius 1 is 1.00 bits per heavy atom. The number of benzene rings is 2. The maximum atomic E-state index is 12.5. The van der Waals surface area contributed by atoms with Crippen LogP contribution < -0.4 is 14.8 Å². The summed E-state index contributed by atoms with van der Waals surface area (Å²) in [7, 11) is -3.66. The van der Waals surface area contributed by atoms with Crippen molar-refractivity contribution in [3.63, 3.8) is 0 Å². The summed E-state index contributed by atoms with van der Waals surface area (Å²) in [5.74, 6) is 0.382. The lowest BCUT2D eigenvalue weighted by molar-refractivity contribution is 0.102. The molecule has 6 nitrogen and oxygen atoms in total. The van der Waals surface area contributed by atoms with Crippen molar-refractivity contribution in [3.05, 3.63) is 71.6 Å². The molecule has 0 saturated heterocycles. The standard InChI is InChI=1S/C20H20N2O4S2/c1-14(2)26-18-10-8-16(9-11-18)21-20(23)15-5-3-6-17(13-15)22-28(24,25)19-7-4-12-27-19/h3-14,22H,1-2H3,(H,21,23). The number of carbonyl (C=O) groups is 1. The Kier molecular flexibility index (Phi) is 6.01. The molecule has 0 aliphatic heterocycles. The van der Waals surface area contributed by atoms with Crippen molar-refractivity contribution in [2.75, 3.05) is 10.0 Å². The first-order valence-corrected chi connectivity index (χ1v) is 10.9. The van der Waals surface area contributed by atoms with E-state index < -0.39 is 10.0 Å². The largest absolute Gasteiger partial charge is 0.491 e. The summed E-state index contributed by atoms with van der Waals surface area (Å²) in [6.45, 7) is 3.88. The van der Waals surface area contributed by atoms with Crippen molar-refractivity contribution in [2.24, 2.45) is 0 Å². The van der Waals surface area contributed by atoms with Gasteiger partial charge >= 0.3 is 0 Å². The molecule has 0 unspecified atom stereocenters. The van der Waals surface area contributed by atoms with E-state index in [1.165, 1.54) is 12.1 Å². The number of hydrogen-bond acceptors (Lipinski definition) is 5. The predicted octanol–water partition coefficient (Wildman–Crippen LogP) is 4.59. The van der Waals surface area contributed by atoms with E-state index in [2.05, 4.69) is 10.0 Å². The molecule has 0 radical (unpaired) electrons. The van der Waals surface area contributed by atoms with Crippen molar-refractivity contribution in [3.8, 4) is 5.75 Å². The molecule has 0 aliphatic rings. The third-order valence-electron chi connectivity index (χ3n) is 3.62. The fraction of sp³-hybridized carbons (Fsp3) is 0.150. The van der Waals surface area contributed by atoms with Crippen LogP contribution in [0.25, 0.3) is 0 Å². The minimum Gasteiger partial charge on any atom is -0.491 e. The molecule has 3 rings (SSSR count). The average molecular weight is 417 g/mol. The number of thiophene rings is 1. The van der Waals surface area contributed by atoms with Gasteiger partial charge in [-0.2, -0.15) is 0 Å². The van der Waals surface area contributed by atoms with Crippen LogP contribution in [0.4, 0.5) is 11.4 Å². The topological polar surface area (TPSA) is 84.5 Å². The molecule has 1 heterocycles. The third-order valence-corrected chi connectivity index (χ3v) is 6.40. The van der Waals surface area contributed by atoms with Crippen LogP contribution in [-0.2, 0) is 10.0 Å². The first-order valence-electron chi connectivity index (χ1n) is 8.58. The summed E-state index contributed by atoms with van der Waals surface area (Å²) in [6.07, 6.45) is 0.0705. The molecule has 0 aliphatic carbocycles. The normalized spacial score (nSPS) is 11.2. The Labute approximate surface area is 168 Å². The molecule has 2 aromatic carbocycles. The molecule has 2 N–H and O–H groups in total. The zero-order valence-corrected chi connectivity index (χ0v) is 17.0. The molecule has 146 valence electrons. The quantitative estimate of drug-likeness (QED) is 0.590. The molecule has 3 aromatic rings. The zero-order chi connectivity index (χ0) is 20.1. The second kappa shape index (κ2) is 8.45. The number of rotatable bonds is 7. The lowest BCUT2D eigenvalue weighted by Crippen LogP contribution is -2.14. The van der Waals surface area contributed by atoms with Gasteiger partial charge in [0.2, 0.25) is 0 Å². The van der Waals surface area contributed by atoms with E-state index in [0.717, 1.165) is 17.1 Å². The summed E-state index contributed by atoms with van der Waals surface area (Å²) >= 11 is 1.13. The monoisotopic (exact) mass is 416 g/mol. The molecule has 0 saturated carbocycles. The van der Waals surface area contributed by atoms with Crippen molar-refractivity contribution < 1.29 is 17.9 Å². The summed E-state index contributed by atoms with van der Waals surface area (Å²) in [5, 5.41) is 4.48. The maximum Gasteiger partial charge on any atom is 0.271 e. The van der Waals surface area contributed by atoms with Gasteiger partial charge in [-0.25, -0.2) is 8.42 Å². The molecular formula is C20H20N2O4S2. The smallest absolute Gasteiger partial charge is 0.271 e. The molecule has 1 amide bonds. The Hall–Kier alpha value is -2.84. The number of carbonyl (C=O) groups excluding carboxylic acids is 1. The summed E-state index contributed by atoms with van der Waals surface area (Å²) in [6, 6.07) is 16.6. The Morgan fingerprint density at radius 3 is 2.39 bits per heavy atom. The minimum absolute atomic E-state index is 0.0705. The van der Waals surface area contributed by atoms with Gasteiger partial charge in [0, 0.05) is 16.9 Å². The van der Waals surface area contributed by atoms with Crippen molar-refractivity contribution in [2.45, 2.75) is 24.2 Å². The number of hydrogen-bond donors (Lipinski definition) is 2. The van der Waals surface area contributed by atoms with Crippen LogP contribution in [0.5, 0.6) is 5.75 Å². The van der Waals surface area contributed by atoms with Crippen LogP contribution in [0.2, 0.25) is 0 Å². The van der Waals surface area contributed by atoms with Crippen molar-refractivity contribution >= 4 is 38.6 Å². The summed E-state index contributed by atoms with van der Waals surface area (Å²) < 4.78 is 32.9. The van der Waals surface area contributed by atoms with Crippen LogP contribution in [0.3, 0.4) is 0 Å². The van der Waals surface area contributed by atoms with Gasteiger partial charge < -0.3 is 10.1 Å². The van der Waals surface area contributed by atoms with E-state index in [1.54, 1.807) is 53.9 Å². The van der Waals surface area contributed by atoms with Crippen LogP contribution in [0.15, 0.2) is 70.3 Å². The SMILES string of the molecule is CC(C)Oc1ccc(NC(=O)c2cccc(NS(=O)(=O)c3cccs3)c2)cc1. The molecule has 0 bridgehead atoms. The van der Waals surface area contributed by atoms with Gasteiger partial charge in [0.25, 0.3) is 15.9 Å². The highest BCUT2D eigenvalue weighted by molar-refractivity contribution is 7.94. The first-order chi connectivity index (χ1) is 13.3. The van der Waals surface area contributed by atoms with Gasteiger partial charge in [0.05, 0.1) is 6.10 Å². The summed E-state index contributed by atoms with van der Waals surface area (Å²) in [4.78, 5) is 12.5. The van der Waals surface area contributed by atoms with Gasteiger partial charge in [0.1, 0.15) is 9.96 Å². The lowest BCUT2D eigenvalue weighted by atomic mass is 10.2. The Morgan fingerprint density at radius 2 is 1.75 bits per heavy atom. The first kappa shape index (κ1) is 19.9. The van der Waals surface area contributed by atoms with E-state index in [0.29, 0.717) is 16.9 Å². The molecular weight excluding hydrogens is 396 g/mol. The zero-order valence-electron chi connectivity index (χ0n) is 15.4. The highest BCUT2D eigenvalue weighted by atomic mass is 32.2. The van der Waals surface area contributed by atoms with Crippen LogP contribution in [0.1, 0.15) is 24.2 Å². The predicted molar refractivity (Wildman–Crippen MR) is 112 cm³/mol. The number of amides is 1. The van der Waals surface area contributed by atoms with Gasteiger partial charge in [-0.15, -0.1) is 11.3 Å². The van der Waals surface area contributed by atoms with Crippen LogP contribution in [0, 0.1) is 0 Å². The highest BCUT2D eigenvalue weighted by Crippen LogP contribution is 2.22. The van der Waals surface area contributed by atoms with Crippen molar-refractivity contribution in [1.82, 2.24) is 0 Å². The highest BCUT2D eigenvalue weighted by Gasteiger charge is 2.16. The van der Waals surface area contributed by atoms with Gasteiger partial charge in [-0.3, -0.25) is 9.52 Å². The molecule has 1 aromatic heterocycles. The van der Waals surface area contributed by atoms with E-state index >= 15 is 0 Å². The second-order valence-electron chi connectivity index (χ2n) is 6.26. The molecule has 0 atom stereocenters. The second-order valence-corrected chi connectivity index (χ2v) is 9.12. The average Bonchev–Trinajstić information content (AvgIpc) is 3.18. The van der Waals surface area contributed by atoms with Crippen molar-refractivity contribution in [1.29, 1.82) is 0 Å². The van der Waals surface area contributed by atoms with Crippen LogP contribution >= 0.6 is 11.3 Å². The molecule has 28 heavy (non-hydrogen) atoms. The van der Waals surface area contributed by atoms with Crippen LogP contribution in [-0.4, -0.2) is 20.4 Å². The fourth-order valence-electron chi connectivity index (χ4n) is 2.44. The molecule has 0 fully saturated rings. The van der Waals surface area contributed by atoms with E-state index in [-0.39, 0.29) is 16.2 Å². The van der Waals surface area contributed by atoms with Gasteiger partial charge in [0.15, 0.2) is 0 Å². The number of ether oxygens (including phenoxy) is 1. The summed E-state index contributed by atoms with van der Waals surface area (Å²) in [5.41, 5.74) is 1.28. The lowest BCUT2D eigenvalue weighted by Gasteiger charge is -2.11.